The number of amides is 1. The Kier molecular flexibility index (Phi) is 5.89. The Bertz CT molecular complexity index is 757. The third kappa shape index (κ3) is 4.10. The van der Waals surface area contributed by atoms with E-state index in [1.54, 1.807) is 19.3 Å². The summed E-state index contributed by atoms with van der Waals surface area (Å²) in [4.78, 5) is 21.1. The van der Waals surface area contributed by atoms with Crippen molar-refractivity contribution in [3.05, 3.63) is 58.8 Å². The Labute approximate surface area is 141 Å². The lowest BCUT2D eigenvalue weighted by Gasteiger charge is -2.13. The molecular weight excluding hydrogens is 306 g/mol. The van der Waals surface area contributed by atoms with Crippen LogP contribution >= 0.6 is 0 Å². The molecule has 0 aliphatic rings. The van der Waals surface area contributed by atoms with Crippen LogP contribution in [0, 0.1) is 13.8 Å². The number of nitrogens with one attached hydrogen (secondary N) is 1. The van der Waals surface area contributed by atoms with E-state index in [1.807, 2.05) is 38.1 Å². The topological polar surface area (TPSA) is 72.8 Å². The van der Waals surface area contributed by atoms with Crippen LogP contribution in [-0.2, 0) is 16.2 Å². The molecule has 1 heterocycles. The normalized spacial score (nSPS) is 11.1. The number of hydrogen-bond donors (Lipinski definition) is 1. The van der Waals surface area contributed by atoms with E-state index in [-0.39, 0.29) is 18.2 Å². The van der Waals surface area contributed by atoms with Crippen molar-refractivity contribution in [1.82, 2.24) is 10.3 Å². The van der Waals surface area contributed by atoms with E-state index in [2.05, 4.69) is 15.5 Å². The fraction of sp³-hybridized carbons (Fsp3) is 0.278. The molecule has 2 aromatic rings. The highest BCUT2D eigenvalue weighted by molar-refractivity contribution is 6.45. The highest BCUT2D eigenvalue weighted by Crippen LogP contribution is 2.18. The summed E-state index contributed by atoms with van der Waals surface area (Å²) in [5, 5.41) is 6.41. The maximum atomic E-state index is 12.0. The number of aryl methyl sites for hydroxylation is 2. The number of aromatic nitrogens is 1. The molecular formula is C18H21N3O3. The minimum Gasteiger partial charge on any atom is -0.473 e. The van der Waals surface area contributed by atoms with Gasteiger partial charge in [-0.25, -0.2) is 4.98 Å². The molecule has 1 aromatic carbocycles. The molecule has 126 valence electrons. The first-order chi connectivity index (χ1) is 11.6. The Morgan fingerprint density at radius 3 is 2.71 bits per heavy atom. The first-order valence-corrected chi connectivity index (χ1v) is 7.54. The lowest BCUT2D eigenvalue weighted by molar-refractivity contribution is -0.114. The summed E-state index contributed by atoms with van der Waals surface area (Å²) >= 11 is 0. The molecule has 0 saturated heterocycles. The van der Waals surface area contributed by atoms with E-state index in [9.17, 15) is 4.79 Å². The number of oxime groups is 1. The van der Waals surface area contributed by atoms with Crippen molar-refractivity contribution in [3.63, 3.8) is 0 Å². The summed E-state index contributed by atoms with van der Waals surface area (Å²) in [6.07, 6.45) is 1.76. The van der Waals surface area contributed by atoms with Crippen molar-refractivity contribution in [1.29, 1.82) is 0 Å². The maximum Gasteiger partial charge on any atom is 0.273 e. The van der Waals surface area contributed by atoms with Gasteiger partial charge in [0.1, 0.15) is 13.7 Å². The molecule has 0 aliphatic carbocycles. The van der Waals surface area contributed by atoms with Crippen molar-refractivity contribution < 1.29 is 14.4 Å². The Balaban J connectivity index is 2.28. The molecule has 1 amide bonds. The number of pyridine rings is 1. The van der Waals surface area contributed by atoms with E-state index in [4.69, 9.17) is 9.57 Å². The second-order valence-electron chi connectivity index (χ2n) is 5.28. The molecule has 0 aliphatic heterocycles. The van der Waals surface area contributed by atoms with Crippen LogP contribution < -0.4 is 10.1 Å². The van der Waals surface area contributed by atoms with Gasteiger partial charge < -0.3 is 14.9 Å². The highest BCUT2D eigenvalue weighted by atomic mass is 16.6. The third-order valence-corrected chi connectivity index (χ3v) is 3.43. The molecule has 0 saturated carbocycles. The monoisotopic (exact) mass is 327 g/mol. The molecule has 6 heteroatoms. The summed E-state index contributed by atoms with van der Waals surface area (Å²) in [5.41, 5.74) is 3.72. The zero-order valence-corrected chi connectivity index (χ0v) is 14.3. The van der Waals surface area contributed by atoms with Gasteiger partial charge >= 0.3 is 0 Å². The average Bonchev–Trinajstić information content (AvgIpc) is 2.59. The van der Waals surface area contributed by atoms with Crippen LogP contribution in [0.3, 0.4) is 0 Å². The predicted octanol–water partition coefficient (Wildman–Crippen LogP) is 2.37. The standard InChI is InChI=1S/C18H21N3O3/c1-12-9-13(2)18(20-10-12)24-11-14-7-5-6-8-15(14)16(21-23-4)17(22)19-3/h5-10H,11H2,1-4H3,(H,19,22)/b21-16+. The summed E-state index contributed by atoms with van der Waals surface area (Å²) in [7, 11) is 2.95. The Hall–Kier alpha value is -2.89. The molecule has 0 spiro atoms. The molecule has 0 bridgehead atoms. The van der Waals surface area contributed by atoms with E-state index >= 15 is 0 Å². The number of hydrogen-bond acceptors (Lipinski definition) is 5. The fourth-order valence-electron chi connectivity index (χ4n) is 2.30. The van der Waals surface area contributed by atoms with E-state index in [0.29, 0.717) is 11.4 Å². The van der Waals surface area contributed by atoms with Crippen molar-refractivity contribution >= 4 is 11.6 Å². The maximum absolute atomic E-state index is 12.0. The first-order valence-electron chi connectivity index (χ1n) is 7.54. The molecule has 0 atom stereocenters. The van der Waals surface area contributed by atoms with Crippen LogP contribution in [0.25, 0.3) is 0 Å². The molecule has 6 nitrogen and oxygen atoms in total. The lowest BCUT2D eigenvalue weighted by atomic mass is 10.0. The number of nitrogens with zero attached hydrogens (tertiary/aromatic N) is 2. The summed E-state index contributed by atoms with van der Waals surface area (Å²) in [6, 6.07) is 9.42. The van der Waals surface area contributed by atoms with Crippen molar-refractivity contribution in [3.8, 4) is 5.88 Å². The largest absolute Gasteiger partial charge is 0.473 e. The fourth-order valence-corrected chi connectivity index (χ4v) is 2.30. The highest BCUT2D eigenvalue weighted by Gasteiger charge is 2.17. The smallest absolute Gasteiger partial charge is 0.273 e. The van der Waals surface area contributed by atoms with E-state index < -0.39 is 0 Å². The third-order valence-electron chi connectivity index (χ3n) is 3.43. The molecule has 0 fully saturated rings. The summed E-state index contributed by atoms with van der Waals surface area (Å²) < 4.78 is 5.82. The van der Waals surface area contributed by atoms with Gasteiger partial charge in [-0.2, -0.15) is 0 Å². The second-order valence-corrected chi connectivity index (χ2v) is 5.28. The number of rotatable bonds is 6. The summed E-state index contributed by atoms with van der Waals surface area (Å²) in [5.74, 6) is 0.245. The van der Waals surface area contributed by atoms with Gasteiger partial charge in [0, 0.05) is 24.4 Å². The van der Waals surface area contributed by atoms with Crippen molar-refractivity contribution in [2.45, 2.75) is 20.5 Å². The second kappa shape index (κ2) is 8.10. The van der Waals surface area contributed by atoms with Gasteiger partial charge in [0.25, 0.3) is 5.91 Å². The van der Waals surface area contributed by atoms with Gasteiger partial charge in [-0.15, -0.1) is 0 Å². The first kappa shape index (κ1) is 17.5. The van der Waals surface area contributed by atoms with E-state index in [1.165, 1.54) is 7.11 Å². The van der Waals surface area contributed by atoms with Crippen molar-refractivity contribution in [2.24, 2.45) is 5.16 Å². The lowest BCUT2D eigenvalue weighted by Crippen LogP contribution is -2.29. The number of benzene rings is 1. The molecule has 0 unspecified atom stereocenters. The zero-order valence-electron chi connectivity index (χ0n) is 14.3. The van der Waals surface area contributed by atoms with Crippen LogP contribution in [0.15, 0.2) is 41.7 Å². The van der Waals surface area contributed by atoms with E-state index in [0.717, 1.165) is 16.7 Å². The quantitative estimate of drug-likeness (QED) is 0.653. The van der Waals surface area contributed by atoms with Crippen LogP contribution in [0.4, 0.5) is 0 Å². The van der Waals surface area contributed by atoms with Gasteiger partial charge in [0.2, 0.25) is 5.88 Å². The minimum absolute atomic E-state index is 0.202. The Morgan fingerprint density at radius 2 is 2.04 bits per heavy atom. The van der Waals surface area contributed by atoms with Gasteiger partial charge in [0.15, 0.2) is 5.71 Å². The zero-order chi connectivity index (χ0) is 17.5. The predicted molar refractivity (Wildman–Crippen MR) is 92.1 cm³/mol. The number of carbonyl (C=O) groups excluding carboxylic acids is 1. The molecule has 2 rings (SSSR count). The number of carbonyl (C=O) groups is 1. The van der Waals surface area contributed by atoms with Crippen LogP contribution in [-0.4, -0.2) is 30.8 Å². The SMILES string of the molecule is CNC(=O)/C(=N/OC)c1ccccc1COc1ncc(C)cc1C. The van der Waals surface area contributed by atoms with Crippen LogP contribution in [0.1, 0.15) is 22.3 Å². The summed E-state index contributed by atoms with van der Waals surface area (Å²) in [6.45, 7) is 4.20. The van der Waals surface area contributed by atoms with Gasteiger partial charge in [-0.05, 0) is 31.0 Å². The molecule has 24 heavy (non-hydrogen) atoms. The van der Waals surface area contributed by atoms with Gasteiger partial charge in [-0.3, -0.25) is 4.79 Å². The van der Waals surface area contributed by atoms with Crippen LogP contribution in [0.2, 0.25) is 0 Å². The molecule has 0 radical (unpaired) electrons. The number of ether oxygens (including phenoxy) is 1. The van der Waals surface area contributed by atoms with Crippen molar-refractivity contribution in [2.75, 3.05) is 14.2 Å². The van der Waals surface area contributed by atoms with Gasteiger partial charge in [0.05, 0.1) is 0 Å². The molecule has 1 aromatic heterocycles. The van der Waals surface area contributed by atoms with Gasteiger partial charge in [-0.1, -0.05) is 29.4 Å². The Morgan fingerprint density at radius 1 is 1.29 bits per heavy atom. The molecule has 1 N–H and O–H groups in total. The minimum atomic E-state index is -0.325. The number of likely N-dealkylation sites (N-methyl/N-ethyl adjacent to an activating group) is 1. The average molecular weight is 327 g/mol. The van der Waals surface area contributed by atoms with Crippen LogP contribution in [0.5, 0.6) is 5.88 Å².